The third-order valence-corrected chi connectivity index (χ3v) is 7.49. The van der Waals surface area contributed by atoms with E-state index in [1.165, 1.54) is 4.90 Å². The lowest BCUT2D eigenvalue weighted by atomic mass is 10.0. The van der Waals surface area contributed by atoms with Crippen molar-refractivity contribution in [3.05, 3.63) is 102 Å². The van der Waals surface area contributed by atoms with Crippen molar-refractivity contribution in [3.8, 4) is 0 Å². The van der Waals surface area contributed by atoms with Gasteiger partial charge in [0.1, 0.15) is 12.6 Å². The molecule has 1 unspecified atom stereocenters. The molecule has 0 aromatic heterocycles. The van der Waals surface area contributed by atoms with E-state index in [0.717, 1.165) is 27.3 Å². The highest BCUT2D eigenvalue weighted by Gasteiger charge is 2.32. The number of sulfonamides is 1. The maximum Gasteiger partial charge on any atom is 0.244 e. The lowest BCUT2D eigenvalue weighted by Crippen LogP contribution is -2.53. The van der Waals surface area contributed by atoms with Crippen molar-refractivity contribution < 1.29 is 18.0 Å². The molecule has 202 valence electrons. The third-order valence-electron chi connectivity index (χ3n) is 6.34. The molecule has 0 saturated heterocycles. The summed E-state index contributed by atoms with van der Waals surface area (Å²) < 4.78 is 26.8. The van der Waals surface area contributed by atoms with Crippen LogP contribution in [0.4, 0.5) is 5.69 Å². The van der Waals surface area contributed by atoms with Crippen LogP contribution in [0.5, 0.6) is 0 Å². The van der Waals surface area contributed by atoms with E-state index >= 15 is 0 Å². The quantitative estimate of drug-likeness (QED) is 0.374. The standard InChI is InChI=1S/C30H37N3O4S/c1-5-31-30(35)28(20-24-12-8-6-9-13-24)32(21-25-14-10-7-11-15-25)29(34)22-33(38(4,36)37)27-18-16-26(17-19-27)23(2)3/h6-19,23,28H,5,20-22H2,1-4H3,(H,31,35). The number of hydrogen-bond acceptors (Lipinski definition) is 4. The van der Waals surface area contributed by atoms with E-state index < -0.39 is 28.5 Å². The number of amides is 2. The Labute approximate surface area is 226 Å². The molecule has 0 aliphatic rings. The van der Waals surface area contributed by atoms with Crippen molar-refractivity contribution >= 4 is 27.5 Å². The van der Waals surface area contributed by atoms with Crippen LogP contribution >= 0.6 is 0 Å². The first kappa shape index (κ1) is 28.9. The molecular formula is C30H37N3O4S. The average molecular weight is 536 g/mol. The van der Waals surface area contributed by atoms with E-state index in [2.05, 4.69) is 19.2 Å². The van der Waals surface area contributed by atoms with Gasteiger partial charge in [-0.25, -0.2) is 8.42 Å². The highest BCUT2D eigenvalue weighted by molar-refractivity contribution is 7.92. The molecule has 0 fully saturated rings. The van der Waals surface area contributed by atoms with Gasteiger partial charge in [-0.1, -0.05) is 86.6 Å². The van der Waals surface area contributed by atoms with Crippen molar-refractivity contribution in [1.29, 1.82) is 0 Å². The van der Waals surface area contributed by atoms with Gasteiger partial charge in [0.05, 0.1) is 11.9 Å². The molecule has 8 heteroatoms. The smallest absolute Gasteiger partial charge is 0.244 e. The minimum atomic E-state index is -3.78. The predicted octanol–water partition coefficient (Wildman–Crippen LogP) is 4.35. The van der Waals surface area contributed by atoms with Gasteiger partial charge >= 0.3 is 0 Å². The van der Waals surface area contributed by atoms with Crippen LogP contribution in [0.25, 0.3) is 0 Å². The van der Waals surface area contributed by atoms with Crippen LogP contribution in [0, 0.1) is 0 Å². The number of nitrogens with one attached hydrogen (secondary N) is 1. The number of nitrogens with zero attached hydrogens (tertiary/aromatic N) is 2. The first-order chi connectivity index (χ1) is 18.1. The van der Waals surface area contributed by atoms with Gasteiger partial charge in [0.25, 0.3) is 0 Å². The Kier molecular flexibility index (Phi) is 10.1. The Morgan fingerprint density at radius 2 is 1.39 bits per heavy atom. The largest absolute Gasteiger partial charge is 0.355 e. The molecule has 0 saturated carbocycles. The highest BCUT2D eigenvalue weighted by atomic mass is 32.2. The number of anilines is 1. The van der Waals surface area contributed by atoms with Crippen LogP contribution in [0.1, 0.15) is 43.4 Å². The minimum Gasteiger partial charge on any atom is -0.355 e. The number of hydrogen-bond donors (Lipinski definition) is 1. The normalized spacial score (nSPS) is 12.1. The van der Waals surface area contributed by atoms with Gasteiger partial charge in [0, 0.05) is 19.5 Å². The summed E-state index contributed by atoms with van der Waals surface area (Å²) in [5.41, 5.74) is 3.22. The van der Waals surface area contributed by atoms with Crippen molar-refractivity contribution in [2.45, 2.75) is 45.7 Å². The molecule has 3 aromatic carbocycles. The van der Waals surface area contributed by atoms with E-state index in [4.69, 9.17) is 0 Å². The SMILES string of the molecule is CCNC(=O)C(Cc1ccccc1)N(Cc1ccccc1)C(=O)CN(c1ccc(C(C)C)cc1)S(C)(=O)=O. The molecule has 1 atom stereocenters. The second-order valence-electron chi connectivity index (χ2n) is 9.62. The fourth-order valence-corrected chi connectivity index (χ4v) is 5.11. The average Bonchev–Trinajstić information content (AvgIpc) is 2.90. The van der Waals surface area contributed by atoms with E-state index in [0.29, 0.717) is 18.7 Å². The minimum absolute atomic E-state index is 0.165. The number of benzene rings is 3. The molecule has 0 aliphatic carbocycles. The summed E-state index contributed by atoms with van der Waals surface area (Å²) in [6, 6.07) is 25.3. The lowest BCUT2D eigenvalue weighted by Gasteiger charge is -2.33. The maximum atomic E-state index is 13.9. The number of rotatable bonds is 12. The van der Waals surface area contributed by atoms with Crippen LogP contribution in [0.15, 0.2) is 84.9 Å². The van der Waals surface area contributed by atoms with Crippen LogP contribution in [-0.4, -0.2) is 50.5 Å². The predicted molar refractivity (Wildman–Crippen MR) is 152 cm³/mol. The summed E-state index contributed by atoms with van der Waals surface area (Å²) in [6.45, 7) is 6.10. The molecule has 2 amide bonds. The van der Waals surface area contributed by atoms with Gasteiger partial charge in [0.2, 0.25) is 21.8 Å². The van der Waals surface area contributed by atoms with Gasteiger partial charge in [0.15, 0.2) is 0 Å². The zero-order valence-electron chi connectivity index (χ0n) is 22.5. The molecule has 1 N–H and O–H groups in total. The fourth-order valence-electron chi connectivity index (χ4n) is 4.27. The monoisotopic (exact) mass is 535 g/mol. The van der Waals surface area contributed by atoms with Gasteiger partial charge in [-0.15, -0.1) is 0 Å². The lowest BCUT2D eigenvalue weighted by molar-refractivity contribution is -0.140. The van der Waals surface area contributed by atoms with E-state index in [1.54, 1.807) is 12.1 Å². The van der Waals surface area contributed by atoms with Crippen molar-refractivity contribution in [2.24, 2.45) is 0 Å². The summed E-state index contributed by atoms with van der Waals surface area (Å²) >= 11 is 0. The first-order valence-electron chi connectivity index (χ1n) is 12.8. The molecule has 0 radical (unpaired) electrons. The van der Waals surface area contributed by atoms with E-state index in [-0.39, 0.29) is 18.4 Å². The summed E-state index contributed by atoms with van der Waals surface area (Å²) in [4.78, 5) is 28.7. The van der Waals surface area contributed by atoms with Crippen LogP contribution in [0.3, 0.4) is 0 Å². The van der Waals surface area contributed by atoms with Crippen molar-refractivity contribution in [2.75, 3.05) is 23.7 Å². The van der Waals surface area contributed by atoms with E-state index in [9.17, 15) is 18.0 Å². The summed E-state index contributed by atoms with van der Waals surface area (Å²) in [7, 11) is -3.78. The van der Waals surface area contributed by atoms with Crippen molar-refractivity contribution in [1.82, 2.24) is 10.2 Å². The number of carbonyl (C=O) groups is 2. The number of carbonyl (C=O) groups excluding carboxylic acids is 2. The zero-order chi connectivity index (χ0) is 27.7. The maximum absolute atomic E-state index is 13.9. The molecule has 3 rings (SSSR count). The van der Waals surface area contributed by atoms with Crippen molar-refractivity contribution in [3.63, 3.8) is 0 Å². The highest BCUT2D eigenvalue weighted by Crippen LogP contribution is 2.23. The Bertz CT molecular complexity index is 1290. The molecule has 7 nitrogen and oxygen atoms in total. The third kappa shape index (κ3) is 7.92. The molecular weight excluding hydrogens is 498 g/mol. The Balaban J connectivity index is 2.00. The second-order valence-corrected chi connectivity index (χ2v) is 11.5. The van der Waals surface area contributed by atoms with Crippen LogP contribution in [-0.2, 0) is 32.6 Å². The molecule has 0 heterocycles. The summed E-state index contributed by atoms with van der Waals surface area (Å²) in [5, 5.41) is 2.85. The van der Waals surface area contributed by atoms with Crippen LogP contribution in [0.2, 0.25) is 0 Å². The van der Waals surface area contributed by atoms with Gasteiger partial charge in [-0.2, -0.15) is 0 Å². The van der Waals surface area contributed by atoms with Crippen LogP contribution < -0.4 is 9.62 Å². The summed E-state index contributed by atoms with van der Waals surface area (Å²) in [5.74, 6) is -0.457. The zero-order valence-corrected chi connectivity index (χ0v) is 23.3. The fraction of sp³-hybridized carbons (Fsp3) is 0.333. The topological polar surface area (TPSA) is 86.8 Å². The Morgan fingerprint density at radius 1 is 0.842 bits per heavy atom. The summed E-state index contributed by atoms with van der Waals surface area (Å²) in [6.07, 6.45) is 1.39. The van der Waals surface area contributed by atoms with Gasteiger partial charge in [-0.3, -0.25) is 13.9 Å². The first-order valence-corrected chi connectivity index (χ1v) is 14.7. The number of likely N-dealkylation sites (N-methyl/N-ethyl adjacent to an activating group) is 1. The molecule has 0 bridgehead atoms. The van der Waals surface area contributed by atoms with Gasteiger partial charge < -0.3 is 10.2 Å². The molecule has 38 heavy (non-hydrogen) atoms. The van der Waals surface area contributed by atoms with E-state index in [1.807, 2.05) is 79.7 Å². The Morgan fingerprint density at radius 3 is 1.89 bits per heavy atom. The second kappa shape index (κ2) is 13.2. The Hall–Kier alpha value is -3.65. The molecule has 3 aromatic rings. The molecule has 0 spiro atoms. The van der Waals surface area contributed by atoms with Gasteiger partial charge in [-0.05, 0) is 41.7 Å². The molecule has 0 aliphatic heterocycles.